The number of nitrogens with zero attached hydrogens (tertiary/aromatic N) is 2. The van der Waals surface area contributed by atoms with E-state index in [0.29, 0.717) is 0 Å². The fourth-order valence-corrected chi connectivity index (χ4v) is 2.21. The highest BCUT2D eigenvalue weighted by Gasteiger charge is 2.15. The quantitative estimate of drug-likeness (QED) is 0.920. The van der Waals surface area contributed by atoms with Gasteiger partial charge in [-0.1, -0.05) is 0 Å². The highest BCUT2D eigenvalue weighted by atomic mass is 19.1. The molecule has 2 heterocycles. The van der Waals surface area contributed by atoms with Crippen molar-refractivity contribution in [3.63, 3.8) is 0 Å². The molecule has 1 aromatic heterocycles. The molecule has 0 unspecified atom stereocenters. The summed E-state index contributed by atoms with van der Waals surface area (Å²) in [7, 11) is 0. The van der Waals surface area contributed by atoms with Crippen LogP contribution in [0, 0.1) is 5.82 Å². The third-order valence-electron chi connectivity index (χ3n) is 3.24. The minimum atomic E-state index is -0.248. The number of hydrogen-bond acceptors (Lipinski definition) is 3. The average Bonchev–Trinajstić information content (AvgIpc) is 2.89. The number of aromatic nitrogens is 2. The predicted molar refractivity (Wildman–Crippen MR) is 70.0 cm³/mol. The third kappa shape index (κ3) is 2.93. The molecule has 5 heteroatoms. The van der Waals surface area contributed by atoms with Crippen LogP contribution in [0.4, 0.5) is 4.39 Å². The largest absolute Gasteiger partial charge is 0.487 e. The van der Waals surface area contributed by atoms with Crippen molar-refractivity contribution in [2.75, 3.05) is 13.1 Å². The Balaban J connectivity index is 1.70. The van der Waals surface area contributed by atoms with E-state index in [1.54, 1.807) is 23.0 Å². The molecule has 0 radical (unpaired) electrons. The maximum Gasteiger partial charge on any atom is 0.158 e. The lowest BCUT2D eigenvalue weighted by Gasteiger charge is -2.22. The lowest BCUT2D eigenvalue weighted by atomic mass is 10.1. The number of hydrogen-bond donors (Lipinski definition) is 1. The number of halogens is 1. The van der Waals surface area contributed by atoms with Gasteiger partial charge in [-0.15, -0.1) is 0 Å². The Morgan fingerprint density at radius 3 is 2.68 bits per heavy atom. The molecular formula is C14H16FN3O. The van der Waals surface area contributed by atoms with Gasteiger partial charge < -0.3 is 10.1 Å². The summed E-state index contributed by atoms with van der Waals surface area (Å²) in [4.78, 5) is 0. The van der Waals surface area contributed by atoms with Gasteiger partial charge in [-0.3, -0.25) is 0 Å². The Kier molecular flexibility index (Phi) is 3.46. The first kappa shape index (κ1) is 12.2. The fraction of sp³-hybridized carbons (Fsp3) is 0.357. The van der Waals surface area contributed by atoms with E-state index in [4.69, 9.17) is 4.74 Å². The van der Waals surface area contributed by atoms with Crippen molar-refractivity contribution < 1.29 is 9.13 Å². The summed E-state index contributed by atoms with van der Waals surface area (Å²) in [6.07, 6.45) is 5.82. The Hall–Kier alpha value is -1.88. The SMILES string of the molecule is Fc1ccc(-n2cc(OC3CCNCC3)cn2)cc1. The van der Waals surface area contributed by atoms with Gasteiger partial charge in [0.2, 0.25) is 0 Å². The Labute approximate surface area is 111 Å². The number of ether oxygens (including phenoxy) is 1. The maximum atomic E-state index is 12.9. The van der Waals surface area contributed by atoms with Gasteiger partial charge in [-0.2, -0.15) is 5.10 Å². The van der Waals surface area contributed by atoms with Crippen LogP contribution in [-0.4, -0.2) is 29.0 Å². The minimum absolute atomic E-state index is 0.248. The summed E-state index contributed by atoms with van der Waals surface area (Å²) in [5.41, 5.74) is 0.821. The van der Waals surface area contributed by atoms with Crippen LogP contribution >= 0.6 is 0 Å². The van der Waals surface area contributed by atoms with Crippen LogP contribution in [0.15, 0.2) is 36.7 Å². The summed E-state index contributed by atoms with van der Waals surface area (Å²) in [6.45, 7) is 1.99. The predicted octanol–water partition coefficient (Wildman–Crippen LogP) is 2.14. The van der Waals surface area contributed by atoms with Gasteiger partial charge in [0.1, 0.15) is 11.9 Å². The molecule has 2 aromatic rings. The molecule has 100 valence electrons. The Morgan fingerprint density at radius 2 is 1.95 bits per heavy atom. The second-order valence-electron chi connectivity index (χ2n) is 4.66. The molecule has 4 nitrogen and oxygen atoms in total. The van der Waals surface area contributed by atoms with Crippen LogP contribution in [0.25, 0.3) is 5.69 Å². The molecule has 0 amide bonds. The molecule has 0 atom stereocenters. The number of nitrogens with one attached hydrogen (secondary N) is 1. The highest BCUT2D eigenvalue weighted by Crippen LogP contribution is 2.18. The van der Waals surface area contributed by atoms with Gasteiger partial charge in [-0.25, -0.2) is 9.07 Å². The van der Waals surface area contributed by atoms with E-state index in [0.717, 1.165) is 37.4 Å². The van der Waals surface area contributed by atoms with Crippen LogP contribution < -0.4 is 10.1 Å². The summed E-state index contributed by atoms with van der Waals surface area (Å²) < 4.78 is 20.4. The van der Waals surface area contributed by atoms with Gasteiger partial charge in [0.05, 0.1) is 18.1 Å². The van der Waals surface area contributed by atoms with Crippen molar-refractivity contribution in [2.24, 2.45) is 0 Å². The first-order valence-corrected chi connectivity index (χ1v) is 6.49. The zero-order chi connectivity index (χ0) is 13.1. The van der Waals surface area contributed by atoms with Crippen LogP contribution in [0.2, 0.25) is 0 Å². The Morgan fingerprint density at radius 1 is 1.21 bits per heavy atom. The Bertz CT molecular complexity index is 532. The second kappa shape index (κ2) is 5.40. The molecule has 1 aromatic carbocycles. The first-order valence-electron chi connectivity index (χ1n) is 6.49. The van der Waals surface area contributed by atoms with E-state index in [9.17, 15) is 4.39 Å². The zero-order valence-corrected chi connectivity index (χ0v) is 10.6. The minimum Gasteiger partial charge on any atom is -0.487 e. The topological polar surface area (TPSA) is 39.1 Å². The lowest BCUT2D eigenvalue weighted by Crippen LogP contribution is -2.34. The standard InChI is InChI=1S/C14H16FN3O/c15-11-1-3-12(4-2-11)18-10-14(9-17-18)19-13-5-7-16-8-6-13/h1-4,9-10,13,16H,5-8H2. The molecule has 19 heavy (non-hydrogen) atoms. The first-order chi connectivity index (χ1) is 9.31. The molecule has 0 spiro atoms. The molecule has 1 aliphatic heterocycles. The highest BCUT2D eigenvalue weighted by molar-refractivity contribution is 5.32. The van der Waals surface area contributed by atoms with E-state index in [1.165, 1.54) is 12.1 Å². The third-order valence-corrected chi connectivity index (χ3v) is 3.24. The van der Waals surface area contributed by atoms with Crippen LogP contribution in [-0.2, 0) is 0 Å². The van der Waals surface area contributed by atoms with Crippen LogP contribution in [0.1, 0.15) is 12.8 Å². The molecule has 1 saturated heterocycles. The number of rotatable bonds is 3. The van der Waals surface area contributed by atoms with E-state index in [-0.39, 0.29) is 11.9 Å². The number of benzene rings is 1. The smallest absolute Gasteiger partial charge is 0.158 e. The van der Waals surface area contributed by atoms with Gasteiger partial charge in [0.15, 0.2) is 5.75 Å². The van der Waals surface area contributed by atoms with E-state index in [2.05, 4.69) is 10.4 Å². The molecule has 1 fully saturated rings. The van der Waals surface area contributed by atoms with Crippen molar-refractivity contribution in [3.05, 3.63) is 42.5 Å². The van der Waals surface area contributed by atoms with Gasteiger partial charge in [-0.05, 0) is 50.2 Å². The molecule has 1 N–H and O–H groups in total. The molecule has 0 aliphatic carbocycles. The second-order valence-corrected chi connectivity index (χ2v) is 4.66. The molecule has 1 aliphatic rings. The van der Waals surface area contributed by atoms with Crippen molar-refractivity contribution in [1.82, 2.24) is 15.1 Å². The van der Waals surface area contributed by atoms with Gasteiger partial charge in [0.25, 0.3) is 0 Å². The summed E-state index contributed by atoms with van der Waals surface area (Å²) in [6, 6.07) is 6.22. The van der Waals surface area contributed by atoms with Gasteiger partial charge in [0, 0.05) is 0 Å². The monoisotopic (exact) mass is 261 g/mol. The zero-order valence-electron chi connectivity index (χ0n) is 10.6. The molecule has 3 rings (SSSR count). The van der Waals surface area contributed by atoms with E-state index < -0.39 is 0 Å². The fourth-order valence-electron chi connectivity index (χ4n) is 2.21. The normalized spacial score (nSPS) is 16.5. The van der Waals surface area contributed by atoms with Crippen molar-refractivity contribution in [1.29, 1.82) is 0 Å². The van der Waals surface area contributed by atoms with E-state index in [1.807, 2.05) is 6.20 Å². The molecule has 0 bridgehead atoms. The maximum absolute atomic E-state index is 12.9. The summed E-state index contributed by atoms with van der Waals surface area (Å²) in [5, 5.41) is 7.54. The van der Waals surface area contributed by atoms with Crippen molar-refractivity contribution >= 4 is 0 Å². The van der Waals surface area contributed by atoms with Crippen LogP contribution in [0.3, 0.4) is 0 Å². The summed E-state index contributed by atoms with van der Waals surface area (Å²) in [5.74, 6) is 0.512. The number of piperidine rings is 1. The van der Waals surface area contributed by atoms with Gasteiger partial charge >= 0.3 is 0 Å². The average molecular weight is 261 g/mol. The van der Waals surface area contributed by atoms with Crippen LogP contribution in [0.5, 0.6) is 5.75 Å². The lowest BCUT2D eigenvalue weighted by molar-refractivity contribution is 0.162. The molecule has 0 saturated carbocycles. The van der Waals surface area contributed by atoms with E-state index >= 15 is 0 Å². The summed E-state index contributed by atoms with van der Waals surface area (Å²) >= 11 is 0. The van der Waals surface area contributed by atoms with Crippen molar-refractivity contribution in [3.8, 4) is 11.4 Å². The molecular weight excluding hydrogens is 245 g/mol. The van der Waals surface area contributed by atoms with Crippen molar-refractivity contribution in [2.45, 2.75) is 18.9 Å².